The standard InChI is InChI=1S/C31H35NO2/c1-22-18-29(25-16-12-24(13-17-25)21-34-2)30(26-14-10-23(20-32)11-15-26)19-28(22)31(33)27-8-6-4-3-5-7-9-27/h10-17,19,22,27H,3-9,18,21H2,1-2H3. The van der Waals surface area contributed by atoms with Gasteiger partial charge in [0.2, 0.25) is 0 Å². The van der Waals surface area contributed by atoms with Crippen molar-refractivity contribution in [1.29, 1.82) is 5.26 Å². The van der Waals surface area contributed by atoms with E-state index in [2.05, 4.69) is 43.3 Å². The Bertz CT molecular complexity index is 1090. The van der Waals surface area contributed by atoms with Crippen molar-refractivity contribution in [2.75, 3.05) is 7.11 Å². The number of Topliss-reactive ketones (excluding diaryl/α,β-unsaturated/α-hetero) is 1. The van der Waals surface area contributed by atoms with E-state index < -0.39 is 0 Å². The third-order valence-electron chi connectivity index (χ3n) is 7.37. The molecule has 4 rings (SSSR count). The number of ether oxygens (including phenoxy) is 1. The molecule has 0 bridgehead atoms. The third kappa shape index (κ3) is 5.57. The molecule has 0 spiro atoms. The molecule has 0 N–H and O–H groups in total. The molecule has 1 unspecified atom stereocenters. The van der Waals surface area contributed by atoms with Gasteiger partial charge in [0.1, 0.15) is 0 Å². The molecule has 0 saturated heterocycles. The number of ketones is 1. The molecule has 1 saturated carbocycles. The lowest BCUT2D eigenvalue weighted by Crippen LogP contribution is -2.23. The van der Waals surface area contributed by atoms with Crippen LogP contribution < -0.4 is 0 Å². The van der Waals surface area contributed by atoms with E-state index in [1.807, 2.05) is 24.3 Å². The average molecular weight is 454 g/mol. The van der Waals surface area contributed by atoms with Crippen LogP contribution in [-0.4, -0.2) is 12.9 Å². The zero-order valence-corrected chi connectivity index (χ0v) is 20.5. The number of benzene rings is 2. The van der Waals surface area contributed by atoms with Crippen molar-refractivity contribution in [3.8, 4) is 6.07 Å². The highest BCUT2D eigenvalue weighted by molar-refractivity contribution is 6.06. The summed E-state index contributed by atoms with van der Waals surface area (Å²) in [6, 6.07) is 18.5. The van der Waals surface area contributed by atoms with Crippen LogP contribution in [0.2, 0.25) is 0 Å². The molecule has 0 amide bonds. The monoisotopic (exact) mass is 453 g/mol. The fourth-order valence-electron chi connectivity index (χ4n) is 5.40. The number of rotatable bonds is 6. The minimum atomic E-state index is 0.158. The van der Waals surface area contributed by atoms with Crippen LogP contribution in [0.3, 0.4) is 0 Å². The molecule has 34 heavy (non-hydrogen) atoms. The fourth-order valence-corrected chi connectivity index (χ4v) is 5.40. The Balaban J connectivity index is 1.75. The molecule has 2 aliphatic carbocycles. The highest BCUT2D eigenvalue weighted by atomic mass is 16.5. The maximum Gasteiger partial charge on any atom is 0.162 e. The van der Waals surface area contributed by atoms with E-state index in [9.17, 15) is 10.1 Å². The predicted molar refractivity (Wildman–Crippen MR) is 138 cm³/mol. The molecule has 2 aromatic carbocycles. The Morgan fingerprint density at radius 2 is 1.56 bits per heavy atom. The molecular formula is C31H35NO2. The predicted octanol–water partition coefficient (Wildman–Crippen LogP) is 7.51. The summed E-state index contributed by atoms with van der Waals surface area (Å²) >= 11 is 0. The van der Waals surface area contributed by atoms with Crippen molar-refractivity contribution in [2.24, 2.45) is 11.8 Å². The Morgan fingerprint density at radius 3 is 2.18 bits per heavy atom. The number of nitriles is 1. The third-order valence-corrected chi connectivity index (χ3v) is 7.37. The van der Waals surface area contributed by atoms with Crippen LogP contribution in [0.1, 0.15) is 80.5 Å². The average Bonchev–Trinajstić information content (AvgIpc) is 2.84. The Kier molecular flexibility index (Phi) is 8.14. The molecule has 1 fully saturated rings. The minimum absolute atomic E-state index is 0.158. The molecule has 0 radical (unpaired) electrons. The minimum Gasteiger partial charge on any atom is -0.380 e. The van der Waals surface area contributed by atoms with Gasteiger partial charge in [-0.05, 0) is 76.8 Å². The summed E-state index contributed by atoms with van der Waals surface area (Å²) in [4.78, 5) is 13.7. The lowest BCUT2D eigenvalue weighted by atomic mass is 9.75. The maximum absolute atomic E-state index is 13.7. The van der Waals surface area contributed by atoms with Gasteiger partial charge < -0.3 is 4.74 Å². The quantitative estimate of drug-likeness (QED) is 0.455. The van der Waals surface area contributed by atoms with Crippen LogP contribution >= 0.6 is 0 Å². The van der Waals surface area contributed by atoms with Crippen molar-refractivity contribution < 1.29 is 9.53 Å². The maximum atomic E-state index is 13.7. The summed E-state index contributed by atoms with van der Waals surface area (Å²) < 4.78 is 5.27. The van der Waals surface area contributed by atoms with E-state index in [0.29, 0.717) is 18.0 Å². The lowest BCUT2D eigenvalue weighted by Gasteiger charge is -2.29. The first-order valence-electron chi connectivity index (χ1n) is 12.7. The van der Waals surface area contributed by atoms with E-state index in [4.69, 9.17) is 4.74 Å². The van der Waals surface area contributed by atoms with E-state index >= 15 is 0 Å². The summed E-state index contributed by atoms with van der Waals surface area (Å²) in [7, 11) is 1.71. The normalized spacial score (nSPS) is 19.7. The van der Waals surface area contributed by atoms with E-state index in [1.165, 1.54) is 30.4 Å². The second-order valence-electron chi connectivity index (χ2n) is 9.82. The molecule has 1 atom stereocenters. The summed E-state index contributed by atoms with van der Waals surface area (Å²) in [5, 5.41) is 9.25. The SMILES string of the molecule is COCc1ccc(C2=C(c3ccc(C#N)cc3)C=C(C(=O)C3CCCCCCC3)C(C)C2)cc1. The number of nitrogens with zero attached hydrogens (tertiary/aromatic N) is 1. The van der Waals surface area contributed by atoms with Gasteiger partial charge >= 0.3 is 0 Å². The van der Waals surface area contributed by atoms with Crippen molar-refractivity contribution in [1.82, 2.24) is 0 Å². The Hall–Kier alpha value is -2.96. The first kappa shape index (κ1) is 24.2. The van der Waals surface area contributed by atoms with Crippen LogP contribution in [0.5, 0.6) is 0 Å². The Morgan fingerprint density at radius 1 is 0.941 bits per heavy atom. The van der Waals surface area contributed by atoms with Crippen LogP contribution in [-0.2, 0) is 16.1 Å². The molecule has 176 valence electrons. The largest absolute Gasteiger partial charge is 0.380 e. The topological polar surface area (TPSA) is 50.1 Å². The van der Waals surface area contributed by atoms with Gasteiger partial charge in [-0.1, -0.05) is 75.4 Å². The molecule has 0 aliphatic heterocycles. The van der Waals surface area contributed by atoms with Crippen molar-refractivity contribution in [3.05, 3.63) is 82.4 Å². The molecule has 2 aliphatic rings. The van der Waals surface area contributed by atoms with Gasteiger partial charge in [-0.25, -0.2) is 0 Å². The first-order valence-corrected chi connectivity index (χ1v) is 12.7. The summed E-state index contributed by atoms with van der Waals surface area (Å²) in [6.45, 7) is 2.79. The summed E-state index contributed by atoms with van der Waals surface area (Å²) in [5.41, 5.74) is 7.38. The van der Waals surface area contributed by atoms with Crippen LogP contribution in [0.15, 0.2) is 60.2 Å². The van der Waals surface area contributed by atoms with Gasteiger partial charge in [-0.2, -0.15) is 5.26 Å². The molecule has 0 heterocycles. The Labute approximate surface area is 204 Å². The molecule has 0 aromatic heterocycles. The second-order valence-corrected chi connectivity index (χ2v) is 9.82. The molecule has 2 aromatic rings. The highest BCUT2D eigenvalue weighted by Crippen LogP contribution is 2.41. The molecule has 3 nitrogen and oxygen atoms in total. The highest BCUT2D eigenvalue weighted by Gasteiger charge is 2.30. The fraction of sp³-hybridized carbons (Fsp3) is 0.419. The molecule has 3 heteroatoms. The number of carbonyl (C=O) groups excluding carboxylic acids is 1. The summed E-state index contributed by atoms with van der Waals surface area (Å²) in [6.07, 6.45) is 11.2. The van der Waals surface area contributed by atoms with Gasteiger partial charge in [-0.15, -0.1) is 0 Å². The summed E-state index contributed by atoms with van der Waals surface area (Å²) in [5.74, 6) is 0.704. The van der Waals surface area contributed by atoms with E-state index in [1.54, 1.807) is 7.11 Å². The number of carbonyl (C=O) groups is 1. The van der Waals surface area contributed by atoms with E-state index in [0.717, 1.165) is 54.4 Å². The number of hydrogen-bond acceptors (Lipinski definition) is 3. The van der Waals surface area contributed by atoms with Gasteiger partial charge in [0.25, 0.3) is 0 Å². The van der Waals surface area contributed by atoms with Crippen LogP contribution in [0.25, 0.3) is 11.1 Å². The second kappa shape index (κ2) is 11.4. The van der Waals surface area contributed by atoms with Gasteiger partial charge in [0, 0.05) is 13.0 Å². The first-order chi connectivity index (χ1) is 16.6. The van der Waals surface area contributed by atoms with Crippen LogP contribution in [0, 0.1) is 23.2 Å². The van der Waals surface area contributed by atoms with Gasteiger partial charge in [0.05, 0.1) is 18.2 Å². The van der Waals surface area contributed by atoms with Crippen molar-refractivity contribution in [2.45, 2.75) is 64.9 Å². The van der Waals surface area contributed by atoms with Gasteiger partial charge in [0.15, 0.2) is 5.78 Å². The lowest BCUT2D eigenvalue weighted by molar-refractivity contribution is -0.120. The zero-order valence-electron chi connectivity index (χ0n) is 20.5. The zero-order chi connectivity index (χ0) is 23.9. The van der Waals surface area contributed by atoms with Crippen molar-refractivity contribution in [3.63, 3.8) is 0 Å². The smallest absolute Gasteiger partial charge is 0.162 e. The van der Waals surface area contributed by atoms with E-state index in [-0.39, 0.29) is 11.8 Å². The van der Waals surface area contributed by atoms with Gasteiger partial charge in [-0.3, -0.25) is 4.79 Å². The number of allylic oxidation sites excluding steroid dienone is 4. The number of hydrogen-bond donors (Lipinski definition) is 0. The van der Waals surface area contributed by atoms with Crippen molar-refractivity contribution >= 4 is 16.9 Å². The molecular weight excluding hydrogens is 418 g/mol. The number of methoxy groups -OCH3 is 1. The van der Waals surface area contributed by atoms with Crippen LogP contribution in [0.4, 0.5) is 0 Å².